The molecular formula is C21H17ClN3O4S+. The first kappa shape index (κ1) is 20.1. The van der Waals surface area contributed by atoms with E-state index in [1.54, 1.807) is 41.5 Å². The monoisotopic (exact) mass is 442 g/mol. The lowest BCUT2D eigenvalue weighted by molar-refractivity contribution is -0.692. The molecule has 0 spiro atoms. The minimum absolute atomic E-state index is 0.0524. The van der Waals surface area contributed by atoms with E-state index in [0.717, 1.165) is 0 Å². The van der Waals surface area contributed by atoms with Gasteiger partial charge >= 0.3 is 0 Å². The molecule has 7 nitrogen and oxygen atoms in total. The number of hydrogen-bond acceptors (Lipinski definition) is 4. The number of hydrogen-bond donors (Lipinski definition) is 1. The predicted molar refractivity (Wildman–Crippen MR) is 110 cm³/mol. The van der Waals surface area contributed by atoms with Crippen LogP contribution >= 0.6 is 11.6 Å². The second-order valence-electron chi connectivity index (χ2n) is 6.64. The third-order valence-corrected chi connectivity index (χ3v) is 6.39. The Kier molecular flexibility index (Phi) is 5.05. The van der Waals surface area contributed by atoms with Gasteiger partial charge in [0.15, 0.2) is 0 Å². The Bertz CT molecular complexity index is 1310. The lowest BCUT2D eigenvalue weighted by atomic mass is 9.90. The average Bonchev–Trinajstić information content (AvgIpc) is 3.21. The van der Waals surface area contributed by atoms with Crippen molar-refractivity contribution >= 4 is 38.9 Å². The quantitative estimate of drug-likeness (QED) is 0.615. The summed E-state index contributed by atoms with van der Waals surface area (Å²) in [7, 11) is -4.13. The highest BCUT2D eigenvalue weighted by molar-refractivity contribution is 7.89. The highest BCUT2D eigenvalue weighted by atomic mass is 35.5. The molecule has 9 heteroatoms. The van der Waals surface area contributed by atoms with Crippen molar-refractivity contribution in [3.8, 4) is 0 Å². The number of sulfonamides is 1. The fraction of sp³-hybridized carbons (Fsp3) is 0.0952. The second-order valence-corrected chi connectivity index (χ2v) is 8.76. The number of ketones is 2. The maximum atomic E-state index is 13.2. The molecule has 0 amide bonds. The van der Waals surface area contributed by atoms with E-state index < -0.39 is 21.6 Å². The Labute approximate surface area is 178 Å². The van der Waals surface area contributed by atoms with Gasteiger partial charge < -0.3 is 0 Å². The number of Topliss-reactive ketones (excluding diaryl/α,β-unsaturated/α-hetero) is 2. The first-order valence-corrected chi connectivity index (χ1v) is 11.0. The maximum Gasteiger partial charge on any atom is 0.262 e. The van der Waals surface area contributed by atoms with E-state index in [-0.39, 0.29) is 27.4 Å². The average molecular weight is 443 g/mol. The highest BCUT2D eigenvalue weighted by Gasteiger charge is 2.38. The molecule has 0 unspecified atom stereocenters. The van der Waals surface area contributed by atoms with E-state index in [1.165, 1.54) is 34.9 Å². The Morgan fingerprint density at radius 3 is 2.23 bits per heavy atom. The second kappa shape index (κ2) is 7.55. The van der Waals surface area contributed by atoms with Crippen LogP contribution in [0.25, 0.3) is 5.70 Å². The van der Waals surface area contributed by atoms with Crippen LogP contribution in [0.3, 0.4) is 0 Å². The van der Waals surface area contributed by atoms with Crippen molar-refractivity contribution < 1.29 is 22.6 Å². The summed E-state index contributed by atoms with van der Waals surface area (Å²) >= 11 is 5.84. The van der Waals surface area contributed by atoms with Crippen LogP contribution < -0.4 is 9.29 Å². The third kappa shape index (κ3) is 3.44. The van der Waals surface area contributed by atoms with Crippen molar-refractivity contribution in [1.29, 1.82) is 0 Å². The first-order valence-electron chi connectivity index (χ1n) is 9.10. The lowest BCUT2D eigenvalue weighted by Gasteiger charge is -2.19. The van der Waals surface area contributed by atoms with Crippen LogP contribution in [0.2, 0.25) is 5.02 Å². The maximum absolute atomic E-state index is 13.2. The summed E-state index contributed by atoms with van der Waals surface area (Å²) in [6.07, 6.45) is 4.97. The molecule has 152 valence electrons. The number of fused-ring (bicyclic) bond motifs is 1. The van der Waals surface area contributed by atoms with E-state index in [1.807, 2.05) is 6.92 Å². The van der Waals surface area contributed by atoms with Gasteiger partial charge in [-0.2, -0.15) is 4.57 Å². The van der Waals surface area contributed by atoms with Crippen LogP contribution in [0.1, 0.15) is 27.6 Å². The molecule has 0 saturated carbocycles. The molecule has 0 saturated heterocycles. The fourth-order valence-electron chi connectivity index (χ4n) is 3.22. The van der Waals surface area contributed by atoms with Gasteiger partial charge in [0.2, 0.25) is 23.6 Å². The molecule has 1 aromatic heterocycles. The van der Waals surface area contributed by atoms with Crippen molar-refractivity contribution in [2.45, 2.75) is 18.4 Å². The number of benzene rings is 2. The van der Waals surface area contributed by atoms with E-state index in [2.05, 4.69) is 4.72 Å². The molecule has 0 aliphatic heterocycles. The van der Waals surface area contributed by atoms with Gasteiger partial charge in [-0.3, -0.25) is 14.3 Å². The number of allylic oxidation sites excluding steroid dienone is 2. The summed E-state index contributed by atoms with van der Waals surface area (Å²) in [6, 6.07) is 11.9. The first-order chi connectivity index (χ1) is 14.3. The Morgan fingerprint density at radius 1 is 1.00 bits per heavy atom. The number of carbonyl (C=O) groups is 2. The standard InChI is InChI=1S/C21H16ClN3O4S/c1-2-24-11-12-25(13-24)19-18(20(26)16-5-3-4-6-17(16)21(19)27)23-30(28,29)15-9-7-14(22)8-10-15/h3-13H,2H2,1H3/p+1. The topological polar surface area (TPSA) is 89.1 Å². The summed E-state index contributed by atoms with van der Waals surface area (Å²) in [4.78, 5) is 26.4. The van der Waals surface area contributed by atoms with E-state index in [0.29, 0.717) is 11.6 Å². The molecule has 0 bridgehead atoms. The number of aromatic nitrogens is 2. The van der Waals surface area contributed by atoms with Gasteiger partial charge in [0, 0.05) is 16.1 Å². The summed E-state index contributed by atoms with van der Waals surface area (Å²) in [5.74, 6) is -1.02. The zero-order valence-corrected chi connectivity index (χ0v) is 17.4. The van der Waals surface area contributed by atoms with Gasteiger partial charge in [0.25, 0.3) is 10.0 Å². The van der Waals surface area contributed by atoms with Crippen LogP contribution in [0.4, 0.5) is 0 Å². The number of nitrogens with zero attached hydrogens (tertiary/aromatic N) is 2. The normalized spacial score (nSPS) is 14.1. The number of aryl methyl sites for hydroxylation is 1. The fourth-order valence-corrected chi connectivity index (χ4v) is 4.42. The van der Waals surface area contributed by atoms with Crippen molar-refractivity contribution in [2.24, 2.45) is 0 Å². The molecule has 1 aliphatic rings. The smallest absolute Gasteiger partial charge is 0.262 e. The summed E-state index contributed by atoms with van der Waals surface area (Å²) in [5, 5.41) is 0.378. The third-order valence-electron chi connectivity index (χ3n) is 4.77. The zero-order chi connectivity index (χ0) is 21.5. The van der Waals surface area contributed by atoms with Crippen LogP contribution in [0.5, 0.6) is 0 Å². The molecule has 1 aliphatic carbocycles. The molecule has 3 aromatic rings. The van der Waals surface area contributed by atoms with E-state index in [9.17, 15) is 18.0 Å². The largest absolute Gasteiger partial charge is 0.287 e. The van der Waals surface area contributed by atoms with Gasteiger partial charge in [0.1, 0.15) is 18.1 Å². The molecule has 0 radical (unpaired) electrons. The molecular weight excluding hydrogens is 426 g/mol. The number of halogens is 1. The highest BCUT2D eigenvalue weighted by Crippen LogP contribution is 2.29. The lowest BCUT2D eigenvalue weighted by Crippen LogP contribution is -2.35. The predicted octanol–water partition coefficient (Wildman–Crippen LogP) is 2.68. The van der Waals surface area contributed by atoms with Gasteiger partial charge in [-0.15, -0.1) is 0 Å². The molecule has 2 aromatic carbocycles. The van der Waals surface area contributed by atoms with Gasteiger partial charge in [-0.25, -0.2) is 13.0 Å². The molecule has 0 fully saturated rings. The van der Waals surface area contributed by atoms with Crippen molar-refractivity contribution in [3.63, 3.8) is 0 Å². The molecule has 1 heterocycles. The van der Waals surface area contributed by atoms with E-state index in [4.69, 9.17) is 11.6 Å². The van der Waals surface area contributed by atoms with Crippen LogP contribution in [0, 0.1) is 0 Å². The SMILES string of the molecule is CC[n+]1ccn(C2=C(NS(=O)(=O)c3ccc(Cl)cc3)C(=O)c3ccccc3C2=O)c1. The zero-order valence-electron chi connectivity index (χ0n) is 15.9. The van der Waals surface area contributed by atoms with Crippen molar-refractivity contribution in [3.05, 3.63) is 89.1 Å². The molecule has 4 rings (SSSR count). The molecule has 1 N–H and O–H groups in total. The van der Waals surface area contributed by atoms with Crippen LogP contribution in [-0.2, 0) is 16.6 Å². The minimum Gasteiger partial charge on any atom is -0.287 e. The summed E-state index contributed by atoms with van der Waals surface area (Å²) < 4.78 is 31.5. The Balaban J connectivity index is 1.89. The number of rotatable bonds is 5. The van der Waals surface area contributed by atoms with E-state index >= 15 is 0 Å². The Hall–Kier alpha value is -3.23. The molecule has 30 heavy (non-hydrogen) atoms. The summed E-state index contributed by atoms with van der Waals surface area (Å²) in [5.41, 5.74) is 0.0233. The van der Waals surface area contributed by atoms with Crippen molar-refractivity contribution in [1.82, 2.24) is 9.29 Å². The van der Waals surface area contributed by atoms with Gasteiger partial charge in [0.05, 0.1) is 11.4 Å². The molecule has 0 atom stereocenters. The number of imidazole rings is 1. The summed E-state index contributed by atoms with van der Waals surface area (Å²) in [6.45, 7) is 2.57. The van der Waals surface area contributed by atoms with Crippen molar-refractivity contribution in [2.75, 3.05) is 0 Å². The minimum atomic E-state index is -4.13. The van der Waals surface area contributed by atoms with Crippen LogP contribution in [-0.4, -0.2) is 24.6 Å². The van der Waals surface area contributed by atoms with Crippen LogP contribution in [0.15, 0.2) is 77.8 Å². The van der Waals surface area contributed by atoms with Gasteiger partial charge in [-0.05, 0) is 31.2 Å². The Morgan fingerprint density at radius 2 is 1.63 bits per heavy atom. The number of nitrogens with one attached hydrogen (secondary N) is 1. The van der Waals surface area contributed by atoms with Gasteiger partial charge in [-0.1, -0.05) is 35.9 Å². The number of carbonyl (C=O) groups excluding carboxylic acids is 2.